The molecule has 2 amide bonds. The zero-order chi connectivity index (χ0) is 12.1. The SMILES string of the molecule is O=C(NCC1CCCC1)Nc1cc(Cl)ccn1. The van der Waals surface area contributed by atoms with E-state index >= 15 is 0 Å². The first-order chi connectivity index (χ1) is 8.24. The third-order valence-corrected chi connectivity index (χ3v) is 3.22. The Bertz CT molecular complexity index is 391. The number of nitrogens with zero attached hydrogens (tertiary/aromatic N) is 1. The molecule has 1 heterocycles. The maximum atomic E-state index is 11.6. The molecule has 1 aliphatic carbocycles. The highest BCUT2D eigenvalue weighted by atomic mass is 35.5. The van der Waals surface area contributed by atoms with Crippen molar-refractivity contribution in [1.82, 2.24) is 10.3 Å². The molecule has 92 valence electrons. The third-order valence-electron chi connectivity index (χ3n) is 2.99. The van der Waals surface area contributed by atoms with Crippen molar-refractivity contribution in [3.05, 3.63) is 23.4 Å². The van der Waals surface area contributed by atoms with Crippen molar-refractivity contribution in [3.63, 3.8) is 0 Å². The second-order valence-electron chi connectivity index (χ2n) is 4.34. The molecule has 0 bridgehead atoms. The number of hydrogen-bond donors (Lipinski definition) is 2. The zero-order valence-corrected chi connectivity index (χ0v) is 10.3. The van der Waals surface area contributed by atoms with E-state index in [0.717, 1.165) is 6.54 Å². The second kappa shape index (κ2) is 5.87. The number of rotatable bonds is 3. The summed E-state index contributed by atoms with van der Waals surface area (Å²) < 4.78 is 0. The fraction of sp³-hybridized carbons (Fsp3) is 0.500. The maximum absolute atomic E-state index is 11.6. The topological polar surface area (TPSA) is 54.0 Å². The van der Waals surface area contributed by atoms with Crippen molar-refractivity contribution in [3.8, 4) is 0 Å². The Kier molecular flexibility index (Phi) is 4.20. The summed E-state index contributed by atoms with van der Waals surface area (Å²) in [5, 5.41) is 6.08. The van der Waals surface area contributed by atoms with Gasteiger partial charge in [0.25, 0.3) is 0 Å². The standard InChI is InChI=1S/C12H16ClN3O/c13-10-5-6-14-11(7-10)16-12(17)15-8-9-3-1-2-4-9/h5-7,9H,1-4,8H2,(H2,14,15,16,17). The van der Waals surface area contributed by atoms with E-state index in [2.05, 4.69) is 15.6 Å². The average molecular weight is 254 g/mol. The van der Waals surface area contributed by atoms with Gasteiger partial charge >= 0.3 is 6.03 Å². The molecule has 1 aromatic heterocycles. The summed E-state index contributed by atoms with van der Waals surface area (Å²) >= 11 is 5.80. The molecule has 4 nitrogen and oxygen atoms in total. The van der Waals surface area contributed by atoms with E-state index < -0.39 is 0 Å². The first-order valence-corrected chi connectivity index (χ1v) is 6.28. The Hall–Kier alpha value is -1.29. The third kappa shape index (κ3) is 3.89. The predicted molar refractivity (Wildman–Crippen MR) is 68.2 cm³/mol. The van der Waals surface area contributed by atoms with Gasteiger partial charge in [0.05, 0.1) is 0 Å². The molecular formula is C12H16ClN3O. The van der Waals surface area contributed by atoms with Crippen LogP contribution < -0.4 is 10.6 Å². The summed E-state index contributed by atoms with van der Waals surface area (Å²) in [5.41, 5.74) is 0. The number of anilines is 1. The van der Waals surface area contributed by atoms with Crippen molar-refractivity contribution >= 4 is 23.4 Å². The zero-order valence-electron chi connectivity index (χ0n) is 9.58. The molecule has 17 heavy (non-hydrogen) atoms. The molecular weight excluding hydrogens is 238 g/mol. The van der Waals surface area contributed by atoms with Crippen LogP contribution in [-0.4, -0.2) is 17.6 Å². The molecule has 2 rings (SSSR count). The summed E-state index contributed by atoms with van der Waals surface area (Å²) in [6, 6.07) is 3.08. The smallest absolute Gasteiger partial charge is 0.320 e. The molecule has 0 radical (unpaired) electrons. The first kappa shape index (κ1) is 12.2. The van der Waals surface area contributed by atoms with Crippen LogP contribution in [0.4, 0.5) is 10.6 Å². The fourth-order valence-corrected chi connectivity index (χ4v) is 2.24. The molecule has 2 N–H and O–H groups in total. The molecule has 1 fully saturated rings. The van der Waals surface area contributed by atoms with Crippen molar-refractivity contribution in [2.24, 2.45) is 5.92 Å². The molecule has 0 unspecified atom stereocenters. The molecule has 1 aromatic rings. The number of halogens is 1. The number of carbonyl (C=O) groups excluding carboxylic acids is 1. The fourth-order valence-electron chi connectivity index (χ4n) is 2.09. The van der Waals surface area contributed by atoms with Gasteiger partial charge in [-0.15, -0.1) is 0 Å². The predicted octanol–water partition coefficient (Wildman–Crippen LogP) is 3.05. The first-order valence-electron chi connectivity index (χ1n) is 5.90. The maximum Gasteiger partial charge on any atom is 0.320 e. The largest absolute Gasteiger partial charge is 0.338 e. The lowest BCUT2D eigenvalue weighted by molar-refractivity contribution is 0.250. The Morgan fingerprint density at radius 3 is 2.94 bits per heavy atom. The number of nitrogens with one attached hydrogen (secondary N) is 2. The highest BCUT2D eigenvalue weighted by molar-refractivity contribution is 6.30. The summed E-state index contributed by atoms with van der Waals surface area (Å²) in [4.78, 5) is 15.6. The number of urea groups is 1. The molecule has 0 aromatic carbocycles. The molecule has 0 atom stereocenters. The van der Waals surface area contributed by atoms with Gasteiger partial charge in [0.2, 0.25) is 0 Å². The minimum absolute atomic E-state index is 0.216. The van der Waals surface area contributed by atoms with E-state index in [0.29, 0.717) is 16.8 Å². The van der Waals surface area contributed by atoms with E-state index in [-0.39, 0.29) is 6.03 Å². The van der Waals surface area contributed by atoms with E-state index in [1.165, 1.54) is 25.7 Å². The summed E-state index contributed by atoms with van der Waals surface area (Å²) in [6.45, 7) is 0.742. The van der Waals surface area contributed by atoms with Gasteiger partial charge < -0.3 is 5.32 Å². The van der Waals surface area contributed by atoms with Crippen LogP contribution in [0.5, 0.6) is 0 Å². The van der Waals surface area contributed by atoms with Crippen LogP contribution in [0, 0.1) is 5.92 Å². The highest BCUT2D eigenvalue weighted by Crippen LogP contribution is 2.23. The van der Waals surface area contributed by atoms with Gasteiger partial charge in [0.1, 0.15) is 5.82 Å². The Morgan fingerprint density at radius 2 is 2.24 bits per heavy atom. The van der Waals surface area contributed by atoms with Crippen LogP contribution in [0.25, 0.3) is 0 Å². The number of amides is 2. The highest BCUT2D eigenvalue weighted by Gasteiger charge is 2.15. The van der Waals surface area contributed by atoms with E-state index in [4.69, 9.17) is 11.6 Å². The normalized spacial score (nSPS) is 15.8. The van der Waals surface area contributed by atoms with Crippen molar-refractivity contribution < 1.29 is 4.79 Å². The molecule has 5 heteroatoms. The lowest BCUT2D eigenvalue weighted by Gasteiger charge is -2.11. The molecule has 0 saturated heterocycles. The number of pyridine rings is 1. The Balaban J connectivity index is 1.76. The van der Waals surface area contributed by atoms with Crippen LogP contribution in [0.15, 0.2) is 18.3 Å². The van der Waals surface area contributed by atoms with Crippen molar-refractivity contribution in [2.75, 3.05) is 11.9 Å². The molecule has 0 spiro atoms. The van der Waals surface area contributed by atoms with Crippen molar-refractivity contribution in [2.45, 2.75) is 25.7 Å². The number of carbonyl (C=O) groups is 1. The van der Waals surface area contributed by atoms with Gasteiger partial charge in [-0.05, 0) is 30.9 Å². The summed E-state index contributed by atoms with van der Waals surface area (Å²) in [6.07, 6.45) is 6.56. The Labute approximate surface area is 106 Å². The molecule has 0 aliphatic heterocycles. The van der Waals surface area contributed by atoms with E-state index in [9.17, 15) is 4.79 Å². The number of hydrogen-bond acceptors (Lipinski definition) is 2. The van der Waals surface area contributed by atoms with Crippen molar-refractivity contribution in [1.29, 1.82) is 0 Å². The Morgan fingerprint density at radius 1 is 1.47 bits per heavy atom. The van der Waals surface area contributed by atoms with E-state index in [1.54, 1.807) is 18.3 Å². The van der Waals surface area contributed by atoms with E-state index in [1.807, 2.05) is 0 Å². The quantitative estimate of drug-likeness (QED) is 0.870. The van der Waals surface area contributed by atoms with Crippen LogP contribution in [0.3, 0.4) is 0 Å². The van der Waals surface area contributed by atoms with Gasteiger partial charge in [0, 0.05) is 17.8 Å². The molecule has 1 aliphatic rings. The van der Waals surface area contributed by atoms with Gasteiger partial charge in [-0.3, -0.25) is 5.32 Å². The van der Waals surface area contributed by atoms with Crippen LogP contribution >= 0.6 is 11.6 Å². The van der Waals surface area contributed by atoms with Gasteiger partial charge in [-0.1, -0.05) is 24.4 Å². The minimum Gasteiger partial charge on any atom is -0.338 e. The van der Waals surface area contributed by atoms with Crippen LogP contribution in [-0.2, 0) is 0 Å². The minimum atomic E-state index is -0.216. The number of aromatic nitrogens is 1. The summed E-state index contributed by atoms with van der Waals surface area (Å²) in [7, 11) is 0. The lowest BCUT2D eigenvalue weighted by Crippen LogP contribution is -2.32. The monoisotopic (exact) mass is 253 g/mol. The van der Waals surface area contributed by atoms with Crippen LogP contribution in [0.2, 0.25) is 5.02 Å². The van der Waals surface area contributed by atoms with Crippen LogP contribution in [0.1, 0.15) is 25.7 Å². The summed E-state index contributed by atoms with van der Waals surface area (Å²) in [5.74, 6) is 1.11. The lowest BCUT2D eigenvalue weighted by atomic mass is 10.1. The van der Waals surface area contributed by atoms with Gasteiger partial charge in [0.15, 0.2) is 0 Å². The van der Waals surface area contributed by atoms with Gasteiger partial charge in [-0.2, -0.15) is 0 Å². The second-order valence-corrected chi connectivity index (χ2v) is 4.78. The average Bonchev–Trinajstić information content (AvgIpc) is 2.79. The molecule has 1 saturated carbocycles. The van der Waals surface area contributed by atoms with Gasteiger partial charge in [-0.25, -0.2) is 9.78 Å².